The molecule has 4 nitrogen and oxygen atoms in total. The number of nitrogens with two attached hydrogens (primary N) is 1. The molecule has 1 rings (SSSR count). The summed E-state index contributed by atoms with van der Waals surface area (Å²) in [5.74, 6) is 0.117. The zero-order valence-electron chi connectivity index (χ0n) is 9.53. The van der Waals surface area contributed by atoms with Crippen LogP contribution in [0.4, 0.5) is 5.69 Å². The van der Waals surface area contributed by atoms with Gasteiger partial charge in [0, 0.05) is 11.8 Å². The summed E-state index contributed by atoms with van der Waals surface area (Å²) < 4.78 is 9.48. The van der Waals surface area contributed by atoms with Crippen LogP contribution in [0, 0.1) is 0 Å². The quantitative estimate of drug-likeness (QED) is 0.601. The highest BCUT2D eigenvalue weighted by molar-refractivity contribution is 5.90. The van der Waals surface area contributed by atoms with Crippen LogP contribution >= 0.6 is 0 Å². The first kappa shape index (κ1) is 13.3. The fourth-order valence-corrected chi connectivity index (χ4v) is 0.976. The zero-order chi connectivity index (χ0) is 11.8. The molecule has 0 saturated carbocycles. The van der Waals surface area contributed by atoms with Crippen LogP contribution in [0.5, 0.6) is 5.75 Å². The van der Waals surface area contributed by atoms with Crippen molar-refractivity contribution in [2.24, 2.45) is 0 Å². The standard InChI is InChI=1S/C9H11NO3.C2H6/c1-12-8-4-6(9(11)13-2)3-7(10)5-8;1-2/h3-5H,10H2,1-2H3;1-2H3. The second-order valence-electron chi connectivity index (χ2n) is 2.49. The van der Waals surface area contributed by atoms with Crippen molar-refractivity contribution in [3.05, 3.63) is 23.8 Å². The largest absolute Gasteiger partial charge is 0.497 e. The molecular weight excluding hydrogens is 194 g/mol. The number of nitrogen functional groups attached to an aromatic ring is 1. The van der Waals surface area contributed by atoms with Crippen LogP contribution in [-0.2, 0) is 4.74 Å². The summed E-state index contributed by atoms with van der Waals surface area (Å²) in [4.78, 5) is 11.1. The van der Waals surface area contributed by atoms with E-state index in [1.807, 2.05) is 13.8 Å². The number of methoxy groups -OCH3 is 2. The maximum Gasteiger partial charge on any atom is 0.338 e. The van der Waals surface area contributed by atoms with Gasteiger partial charge in [0.05, 0.1) is 19.8 Å². The zero-order valence-corrected chi connectivity index (χ0v) is 9.53. The lowest BCUT2D eigenvalue weighted by molar-refractivity contribution is 0.0600. The van der Waals surface area contributed by atoms with Crippen LogP contribution < -0.4 is 10.5 Å². The molecule has 4 heteroatoms. The first-order valence-corrected chi connectivity index (χ1v) is 4.70. The van der Waals surface area contributed by atoms with Crippen LogP contribution in [0.1, 0.15) is 24.2 Å². The molecule has 84 valence electrons. The first-order valence-electron chi connectivity index (χ1n) is 4.70. The average molecular weight is 211 g/mol. The molecule has 0 radical (unpaired) electrons. The van der Waals surface area contributed by atoms with Gasteiger partial charge in [-0.3, -0.25) is 0 Å². The van der Waals surface area contributed by atoms with E-state index in [0.29, 0.717) is 17.0 Å². The molecule has 0 unspecified atom stereocenters. The van der Waals surface area contributed by atoms with E-state index in [4.69, 9.17) is 10.5 Å². The van der Waals surface area contributed by atoms with Gasteiger partial charge in [-0.2, -0.15) is 0 Å². The molecule has 0 aliphatic rings. The maximum atomic E-state index is 11.1. The van der Waals surface area contributed by atoms with Gasteiger partial charge in [-0.25, -0.2) is 4.79 Å². The van der Waals surface area contributed by atoms with E-state index < -0.39 is 5.97 Å². The average Bonchev–Trinajstić information content (AvgIpc) is 2.29. The Kier molecular flexibility index (Phi) is 5.94. The summed E-state index contributed by atoms with van der Waals surface area (Å²) in [6.45, 7) is 4.00. The maximum absolute atomic E-state index is 11.1. The molecule has 0 aromatic heterocycles. The van der Waals surface area contributed by atoms with Crippen LogP contribution in [0.3, 0.4) is 0 Å². The molecule has 2 N–H and O–H groups in total. The Balaban J connectivity index is 0.000000921. The Bertz CT molecular complexity index is 324. The summed E-state index contributed by atoms with van der Waals surface area (Å²) >= 11 is 0. The molecule has 15 heavy (non-hydrogen) atoms. The van der Waals surface area contributed by atoms with E-state index in [1.54, 1.807) is 12.1 Å². The molecule has 0 atom stereocenters. The third kappa shape index (κ3) is 3.89. The van der Waals surface area contributed by atoms with E-state index in [2.05, 4.69) is 4.74 Å². The number of anilines is 1. The van der Waals surface area contributed by atoms with Gasteiger partial charge >= 0.3 is 5.97 Å². The van der Waals surface area contributed by atoms with Crippen LogP contribution in [0.25, 0.3) is 0 Å². The molecule has 0 bridgehead atoms. The molecular formula is C11H17NO3. The number of carbonyl (C=O) groups is 1. The lowest BCUT2D eigenvalue weighted by Crippen LogP contribution is -2.02. The van der Waals surface area contributed by atoms with Crippen molar-refractivity contribution in [1.29, 1.82) is 0 Å². The van der Waals surface area contributed by atoms with Gasteiger partial charge in [0.25, 0.3) is 0 Å². The predicted molar refractivity (Wildman–Crippen MR) is 60.1 cm³/mol. The molecule has 0 fully saturated rings. The summed E-state index contributed by atoms with van der Waals surface area (Å²) in [7, 11) is 2.83. The van der Waals surface area contributed by atoms with Crippen molar-refractivity contribution in [1.82, 2.24) is 0 Å². The highest BCUT2D eigenvalue weighted by Gasteiger charge is 2.07. The Morgan fingerprint density at radius 1 is 1.20 bits per heavy atom. The van der Waals surface area contributed by atoms with Crippen molar-refractivity contribution < 1.29 is 14.3 Å². The van der Waals surface area contributed by atoms with Gasteiger partial charge in [0.1, 0.15) is 5.75 Å². The Hall–Kier alpha value is -1.71. The highest BCUT2D eigenvalue weighted by atomic mass is 16.5. The van der Waals surface area contributed by atoms with Crippen LogP contribution in [0.15, 0.2) is 18.2 Å². The summed E-state index contributed by atoms with van der Waals surface area (Å²) in [5.41, 5.74) is 6.40. The number of carbonyl (C=O) groups excluding carboxylic acids is 1. The van der Waals surface area contributed by atoms with Gasteiger partial charge in [0.2, 0.25) is 0 Å². The van der Waals surface area contributed by atoms with Gasteiger partial charge in [-0.1, -0.05) is 13.8 Å². The SMILES string of the molecule is CC.COC(=O)c1cc(N)cc(OC)c1. The van der Waals surface area contributed by atoms with Crippen molar-refractivity contribution >= 4 is 11.7 Å². The van der Waals surface area contributed by atoms with E-state index in [0.717, 1.165) is 0 Å². The number of hydrogen-bond donors (Lipinski definition) is 1. The normalized spacial score (nSPS) is 8.53. The van der Waals surface area contributed by atoms with Gasteiger partial charge in [-0.05, 0) is 12.1 Å². The third-order valence-electron chi connectivity index (χ3n) is 1.59. The lowest BCUT2D eigenvalue weighted by Gasteiger charge is -2.04. The van der Waals surface area contributed by atoms with Gasteiger partial charge in [0.15, 0.2) is 0 Å². The fourth-order valence-electron chi connectivity index (χ4n) is 0.976. The Labute approximate surface area is 90.0 Å². The van der Waals surface area contributed by atoms with E-state index in [9.17, 15) is 4.79 Å². The minimum absolute atomic E-state index is 0.388. The number of esters is 1. The number of ether oxygens (including phenoxy) is 2. The molecule has 0 heterocycles. The highest BCUT2D eigenvalue weighted by Crippen LogP contribution is 2.18. The molecule has 0 spiro atoms. The second-order valence-corrected chi connectivity index (χ2v) is 2.49. The van der Waals surface area contributed by atoms with Crippen LogP contribution in [0.2, 0.25) is 0 Å². The lowest BCUT2D eigenvalue weighted by atomic mass is 10.2. The minimum Gasteiger partial charge on any atom is -0.497 e. The van der Waals surface area contributed by atoms with Crippen molar-refractivity contribution in [2.45, 2.75) is 13.8 Å². The molecule has 0 amide bonds. The van der Waals surface area contributed by atoms with Crippen LogP contribution in [-0.4, -0.2) is 20.2 Å². The smallest absolute Gasteiger partial charge is 0.338 e. The predicted octanol–water partition coefficient (Wildman–Crippen LogP) is 2.09. The first-order chi connectivity index (χ1) is 7.17. The monoisotopic (exact) mass is 211 g/mol. The summed E-state index contributed by atoms with van der Waals surface area (Å²) in [5, 5.41) is 0. The summed E-state index contributed by atoms with van der Waals surface area (Å²) in [6, 6.07) is 4.74. The minimum atomic E-state index is -0.425. The third-order valence-corrected chi connectivity index (χ3v) is 1.59. The fraction of sp³-hybridized carbons (Fsp3) is 0.364. The molecule has 0 aliphatic heterocycles. The van der Waals surface area contributed by atoms with E-state index >= 15 is 0 Å². The Morgan fingerprint density at radius 2 is 1.80 bits per heavy atom. The molecule has 0 saturated heterocycles. The number of hydrogen-bond acceptors (Lipinski definition) is 4. The van der Waals surface area contributed by atoms with E-state index in [-0.39, 0.29) is 0 Å². The van der Waals surface area contributed by atoms with Crippen molar-refractivity contribution in [3.8, 4) is 5.75 Å². The topological polar surface area (TPSA) is 61.5 Å². The number of benzene rings is 1. The van der Waals surface area contributed by atoms with Gasteiger partial charge < -0.3 is 15.2 Å². The molecule has 0 aliphatic carbocycles. The summed E-state index contributed by atoms with van der Waals surface area (Å²) in [6.07, 6.45) is 0. The number of rotatable bonds is 2. The van der Waals surface area contributed by atoms with E-state index in [1.165, 1.54) is 20.3 Å². The molecule has 1 aromatic rings. The van der Waals surface area contributed by atoms with Crippen molar-refractivity contribution in [2.75, 3.05) is 20.0 Å². The van der Waals surface area contributed by atoms with Crippen molar-refractivity contribution in [3.63, 3.8) is 0 Å². The molecule has 1 aromatic carbocycles. The Morgan fingerprint density at radius 3 is 2.27 bits per heavy atom. The second kappa shape index (κ2) is 6.70. The van der Waals surface area contributed by atoms with Gasteiger partial charge in [-0.15, -0.1) is 0 Å².